The van der Waals surface area contributed by atoms with Crippen molar-refractivity contribution >= 4 is 17.7 Å². The number of halogens is 1. The average Bonchev–Trinajstić information content (AvgIpc) is 2.95. The monoisotopic (exact) mass is 271 g/mol. The van der Waals surface area contributed by atoms with E-state index in [0.717, 1.165) is 12.4 Å². The second kappa shape index (κ2) is 5.46. The first-order valence-corrected chi connectivity index (χ1v) is 5.07. The molecule has 1 aromatic carbocycles. The lowest BCUT2D eigenvalue weighted by molar-refractivity contribution is 0.187. The van der Waals surface area contributed by atoms with E-state index in [4.69, 9.17) is 22.2 Å². The number of hydrogen-bond acceptors (Lipinski definition) is 4. The molecule has 0 fully saturated rings. The minimum absolute atomic E-state index is 0.0643. The lowest BCUT2D eigenvalue weighted by Crippen LogP contribution is -2.31. The quantitative estimate of drug-likeness (QED) is 0.875. The van der Waals surface area contributed by atoms with Crippen LogP contribution in [0.15, 0.2) is 30.6 Å². The van der Waals surface area contributed by atoms with Gasteiger partial charge in [0, 0.05) is 5.02 Å². The number of nitrogens with zero attached hydrogens (tertiary/aromatic N) is 4. The van der Waals surface area contributed by atoms with Crippen molar-refractivity contribution in [3.63, 3.8) is 0 Å². The summed E-state index contributed by atoms with van der Waals surface area (Å²) in [5.74, 6) is 0. The molecule has 0 bridgehead atoms. The summed E-state index contributed by atoms with van der Waals surface area (Å²) in [6, 6.07) is 1.03. The first kappa shape index (κ1) is 8.04. The van der Waals surface area contributed by atoms with Crippen LogP contribution in [0.25, 0.3) is 0 Å². The molecule has 7 nitrogen and oxygen atoms in total. The molecule has 0 aliphatic carbocycles. The molecule has 0 aliphatic rings. The highest BCUT2D eigenvalue weighted by atomic mass is 35.5. The van der Waals surface area contributed by atoms with Crippen molar-refractivity contribution in [3.8, 4) is 0 Å². The van der Waals surface area contributed by atoms with E-state index in [0.29, 0.717) is 4.80 Å². The molecule has 2 rings (SSSR count). The molecule has 18 heavy (non-hydrogen) atoms. The van der Waals surface area contributed by atoms with E-state index >= 15 is 0 Å². The molecular formula is C10H10ClN5O2. The number of benzene rings is 1. The SMILES string of the molecule is [2H]c1ccc(Cl)c([C@@]([2H])(NC(=O)O)C([2H])([2H])n2ncnn2)c1. The maximum absolute atomic E-state index is 11.0. The zero-order valence-corrected chi connectivity index (χ0v) is 9.59. The molecule has 1 atom stereocenters. The normalized spacial score (nSPS) is 17.8. The van der Waals surface area contributed by atoms with Crippen molar-refractivity contribution in [2.45, 2.75) is 12.5 Å². The lowest BCUT2D eigenvalue weighted by Gasteiger charge is -2.17. The number of rotatable bonds is 4. The van der Waals surface area contributed by atoms with E-state index in [1.807, 2.05) is 0 Å². The summed E-state index contributed by atoms with van der Waals surface area (Å²) < 4.78 is 32.1. The fourth-order valence-electron chi connectivity index (χ4n) is 1.18. The standard InChI is InChI=1S/C10H10ClN5O2/c11-8-4-2-1-3-7(8)9(14-10(17)18)5-16-13-6-12-15-16/h1-4,6,9,14H,5H2,(H,17,18)/t9-/m0/s1/i1D,5D2,9D. The van der Waals surface area contributed by atoms with Crippen LogP contribution in [0.3, 0.4) is 0 Å². The van der Waals surface area contributed by atoms with Gasteiger partial charge in [0.2, 0.25) is 0 Å². The topological polar surface area (TPSA) is 92.9 Å². The Morgan fingerprint density at radius 1 is 1.78 bits per heavy atom. The molecule has 0 unspecified atom stereocenters. The third-order valence-corrected chi connectivity index (χ3v) is 2.20. The fraction of sp³-hybridized carbons (Fsp3) is 0.200. The molecule has 2 aromatic rings. The summed E-state index contributed by atoms with van der Waals surface area (Å²) >= 11 is 5.96. The van der Waals surface area contributed by atoms with Gasteiger partial charge in [0.15, 0.2) is 6.33 Å². The Labute approximate surface area is 113 Å². The molecule has 0 saturated heterocycles. The molecule has 94 valence electrons. The van der Waals surface area contributed by atoms with Crippen molar-refractivity contribution < 1.29 is 15.4 Å². The van der Waals surface area contributed by atoms with E-state index in [1.54, 1.807) is 5.32 Å². The average molecular weight is 272 g/mol. The Hall–Kier alpha value is -2.15. The molecule has 1 aromatic heterocycles. The predicted octanol–water partition coefficient (Wildman–Crippen LogP) is 1.34. The summed E-state index contributed by atoms with van der Waals surface area (Å²) in [6.07, 6.45) is -0.702. The number of amides is 1. The van der Waals surface area contributed by atoms with E-state index < -0.39 is 18.6 Å². The van der Waals surface area contributed by atoms with E-state index in [-0.39, 0.29) is 16.6 Å². The second-order valence-corrected chi connectivity index (χ2v) is 3.46. The Kier molecular flexibility index (Phi) is 2.44. The Balaban J connectivity index is 2.67. The predicted molar refractivity (Wildman–Crippen MR) is 63.2 cm³/mol. The number of aromatic nitrogens is 4. The van der Waals surface area contributed by atoms with Crippen LogP contribution in [0, 0.1) is 0 Å². The van der Waals surface area contributed by atoms with Gasteiger partial charge in [0.05, 0.1) is 18.0 Å². The van der Waals surface area contributed by atoms with Gasteiger partial charge < -0.3 is 10.4 Å². The van der Waals surface area contributed by atoms with E-state index in [2.05, 4.69) is 15.4 Å². The van der Waals surface area contributed by atoms with Gasteiger partial charge in [-0.25, -0.2) is 4.79 Å². The number of hydrogen-bond donors (Lipinski definition) is 2. The van der Waals surface area contributed by atoms with Gasteiger partial charge in [-0.2, -0.15) is 4.80 Å². The molecular weight excluding hydrogens is 258 g/mol. The first-order valence-electron chi connectivity index (χ1n) is 6.69. The second-order valence-electron chi connectivity index (χ2n) is 3.05. The summed E-state index contributed by atoms with van der Waals surface area (Å²) in [4.78, 5) is 11.5. The van der Waals surface area contributed by atoms with Crippen LogP contribution in [0.2, 0.25) is 5.02 Å². The van der Waals surface area contributed by atoms with Crippen molar-refractivity contribution in [1.29, 1.82) is 0 Å². The Bertz CT molecular complexity index is 699. The largest absolute Gasteiger partial charge is 0.465 e. The first-order chi connectivity index (χ1) is 10.2. The maximum Gasteiger partial charge on any atom is 0.405 e. The zero-order valence-electron chi connectivity index (χ0n) is 12.8. The highest BCUT2D eigenvalue weighted by molar-refractivity contribution is 6.31. The van der Waals surface area contributed by atoms with Gasteiger partial charge in [-0.15, -0.1) is 10.2 Å². The molecule has 1 heterocycles. The molecule has 0 aliphatic heterocycles. The van der Waals surface area contributed by atoms with Crippen LogP contribution in [0.4, 0.5) is 4.79 Å². The molecule has 2 N–H and O–H groups in total. The van der Waals surface area contributed by atoms with Gasteiger partial charge in [-0.3, -0.25) is 0 Å². The zero-order chi connectivity index (χ0) is 16.5. The van der Waals surface area contributed by atoms with Crippen LogP contribution in [0.1, 0.15) is 17.1 Å². The number of carboxylic acid groups (broad SMARTS) is 1. The van der Waals surface area contributed by atoms with Crippen molar-refractivity contribution in [2.75, 3.05) is 0 Å². The molecule has 1 amide bonds. The maximum atomic E-state index is 11.0. The minimum Gasteiger partial charge on any atom is -0.465 e. The summed E-state index contributed by atoms with van der Waals surface area (Å²) in [5.41, 5.74) is -0.244. The van der Waals surface area contributed by atoms with Gasteiger partial charge in [0.25, 0.3) is 0 Å². The Morgan fingerprint density at radius 2 is 2.61 bits per heavy atom. The molecule has 0 saturated carbocycles. The van der Waals surface area contributed by atoms with Crippen LogP contribution in [0.5, 0.6) is 0 Å². The lowest BCUT2D eigenvalue weighted by atomic mass is 10.1. The number of tetrazole rings is 1. The van der Waals surface area contributed by atoms with E-state index in [1.165, 1.54) is 12.1 Å². The summed E-state index contributed by atoms with van der Waals surface area (Å²) in [6.45, 7) is -2.76. The van der Waals surface area contributed by atoms with Crippen LogP contribution < -0.4 is 5.32 Å². The number of nitrogens with one attached hydrogen (secondary N) is 1. The van der Waals surface area contributed by atoms with Gasteiger partial charge >= 0.3 is 6.09 Å². The highest BCUT2D eigenvalue weighted by Crippen LogP contribution is 2.23. The van der Waals surface area contributed by atoms with Crippen molar-refractivity contribution in [2.24, 2.45) is 0 Å². The molecule has 8 heteroatoms. The van der Waals surface area contributed by atoms with E-state index in [9.17, 15) is 4.79 Å². The minimum atomic E-state index is -2.76. The summed E-state index contributed by atoms with van der Waals surface area (Å²) in [5, 5.41) is 20.9. The van der Waals surface area contributed by atoms with Crippen molar-refractivity contribution in [1.82, 2.24) is 25.5 Å². The molecule has 0 radical (unpaired) electrons. The summed E-state index contributed by atoms with van der Waals surface area (Å²) in [7, 11) is 0. The smallest absolute Gasteiger partial charge is 0.405 e. The van der Waals surface area contributed by atoms with Crippen LogP contribution >= 0.6 is 11.6 Å². The third kappa shape index (κ3) is 2.95. The fourth-order valence-corrected chi connectivity index (χ4v) is 1.40. The van der Waals surface area contributed by atoms with Gasteiger partial charge in [0.1, 0.15) is 0 Å². The van der Waals surface area contributed by atoms with Gasteiger partial charge in [-0.1, -0.05) is 29.8 Å². The third-order valence-electron chi connectivity index (χ3n) is 1.87. The molecule has 0 spiro atoms. The van der Waals surface area contributed by atoms with Crippen molar-refractivity contribution in [3.05, 3.63) is 41.2 Å². The highest BCUT2D eigenvalue weighted by Gasteiger charge is 2.18. The van der Waals surface area contributed by atoms with Crippen LogP contribution in [-0.4, -0.2) is 31.4 Å². The number of carbonyl (C=O) groups is 1. The van der Waals surface area contributed by atoms with Gasteiger partial charge in [-0.05, 0) is 16.8 Å². The Morgan fingerprint density at radius 3 is 3.28 bits per heavy atom. The van der Waals surface area contributed by atoms with Crippen LogP contribution in [-0.2, 0) is 6.50 Å².